The molecular formula is C21H15FO5. The largest absolute Gasteiger partial charge is 0.496 e. The van der Waals surface area contributed by atoms with E-state index in [9.17, 15) is 14.0 Å². The first-order valence-corrected chi connectivity index (χ1v) is 7.99. The Morgan fingerprint density at radius 3 is 2.59 bits per heavy atom. The Balaban J connectivity index is 1.86. The lowest BCUT2D eigenvalue weighted by molar-refractivity contribution is 0.0699. The summed E-state index contributed by atoms with van der Waals surface area (Å²) in [6.07, 6.45) is 4.13. The summed E-state index contributed by atoms with van der Waals surface area (Å²) in [5.74, 6) is -1.43. The number of benzene rings is 2. The molecule has 2 aromatic carbocycles. The maximum absolute atomic E-state index is 13.6. The first kappa shape index (κ1) is 18.1. The number of ketones is 1. The van der Waals surface area contributed by atoms with E-state index in [1.807, 2.05) is 0 Å². The number of furan rings is 1. The van der Waals surface area contributed by atoms with E-state index in [0.717, 1.165) is 12.1 Å². The summed E-state index contributed by atoms with van der Waals surface area (Å²) in [5.41, 5.74) is 0.597. The normalized spacial score (nSPS) is 10.7. The van der Waals surface area contributed by atoms with Crippen molar-refractivity contribution in [3.05, 3.63) is 89.6 Å². The molecule has 0 radical (unpaired) electrons. The fraction of sp³-hybridized carbons (Fsp3) is 0.0476. The van der Waals surface area contributed by atoms with Crippen LogP contribution >= 0.6 is 0 Å². The van der Waals surface area contributed by atoms with Crippen molar-refractivity contribution in [3.8, 4) is 11.5 Å². The Morgan fingerprint density at radius 1 is 1.04 bits per heavy atom. The zero-order chi connectivity index (χ0) is 19.2. The van der Waals surface area contributed by atoms with Gasteiger partial charge in [0.15, 0.2) is 5.78 Å². The van der Waals surface area contributed by atoms with Gasteiger partial charge in [-0.1, -0.05) is 18.2 Å². The monoisotopic (exact) mass is 366 g/mol. The predicted molar refractivity (Wildman–Crippen MR) is 96.4 cm³/mol. The van der Waals surface area contributed by atoms with Crippen LogP contribution in [-0.4, -0.2) is 18.9 Å². The van der Waals surface area contributed by atoms with Crippen LogP contribution in [0.4, 0.5) is 4.39 Å². The number of esters is 1. The van der Waals surface area contributed by atoms with E-state index in [0.29, 0.717) is 11.3 Å². The molecule has 0 N–H and O–H groups in total. The maximum Gasteiger partial charge on any atom is 0.379 e. The van der Waals surface area contributed by atoms with E-state index < -0.39 is 17.6 Å². The third-order valence-electron chi connectivity index (χ3n) is 3.69. The quantitative estimate of drug-likeness (QED) is 0.277. The molecule has 1 aromatic heterocycles. The first-order chi connectivity index (χ1) is 13.1. The highest BCUT2D eigenvalue weighted by molar-refractivity contribution is 6.09. The molecule has 27 heavy (non-hydrogen) atoms. The Kier molecular flexibility index (Phi) is 5.47. The Labute approximate surface area is 154 Å². The van der Waals surface area contributed by atoms with Gasteiger partial charge in [0.1, 0.15) is 17.3 Å². The molecule has 0 amide bonds. The molecule has 0 fully saturated rings. The van der Waals surface area contributed by atoms with E-state index in [1.54, 1.807) is 30.3 Å². The van der Waals surface area contributed by atoms with Crippen molar-refractivity contribution in [2.24, 2.45) is 0 Å². The molecule has 3 aromatic rings. The summed E-state index contributed by atoms with van der Waals surface area (Å²) in [4.78, 5) is 24.6. The van der Waals surface area contributed by atoms with Gasteiger partial charge >= 0.3 is 5.97 Å². The van der Waals surface area contributed by atoms with Crippen molar-refractivity contribution in [3.63, 3.8) is 0 Å². The highest BCUT2D eigenvalue weighted by atomic mass is 19.1. The molecule has 0 bridgehead atoms. The van der Waals surface area contributed by atoms with Crippen molar-refractivity contribution in [2.45, 2.75) is 0 Å². The minimum absolute atomic E-state index is 0.0257. The van der Waals surface area contributed by atoms with Gasteiger partial charge in [-0.25, -0.2) is 9.18 Å². The zero-order valence-corrected chi connectivity index (χ0v) is 14.3. The number of hydrogen-bond acceptors (Lipinski definition) is 5. The number of allylic oxidation sites excluding steroid dienone is 1. The number of rotatable bonds is 6. The molecule has 6 heteroatoms. The molecule has 0 aliphatic rings. The minimum atomic E-state index is -0.783. The maximum atomic E-state index is 13.6. The molecule has 1 heterocycles. The molecule has 0 aliphatic carbocycles. The van der Waals surface area contributed by atoms with Gasteiger partial charge in [-0.05, 0) is 48.6 Å². The second-order valence-corrected chi connectivity index (χ2v) is 5.45. The lowest BCUT2D eigenvalue weighted by Crippen LogP contribution is -2.10. The van der Waals surface area contributed by atoms with E-state index in [4.69, 9.17) is 13.9 Å². The summed E-state index contributed by atoms with van der Waals surface area (Å²) in [6.45, 7) is 0. The predicted octanol–water partition coefficient (Wildman–Crippen LogP) is 4.54. The van der Waals surface area contributed by atoms with E-state index in [2.05, 4.69) is 0 Å². The smallest absolute Gasteiger partial charge is 0.379 e. The fourth-order valence-electron chi connectivity index (χ4n) is 2.39. The SMILES string of the molecule is COc1ccccc1C=CC(=O)c1cc(F)ccc1OC(=O)c1ccco1. The van der Waals surface area contributed by atoms with Gasteiger partial charge < -0.3 is 13.9 Å². The molecule has 5 nitrogen and oxygen atoms in total. The van der Waals surface area contributed by atoms with Crippen LogP contribution in [0.25, 0.3) is 6.08 Å². The standard InChI is InChI=1S/C21H15FO5/c1-25-18-6-3-2-5-14(18)8-10-17(23)16-13-15(22)9-11-19(16)27-21(24)20-7-4-12-26-20/h2-13H,1H3. The lowest BCUT2D eigenvalue weighted by Gasteiger charge is -2.07. The van der Waals surface area contributed by atoms with Gasteiger partial charge in [-0.3, -0.25) is 4.79 Å². The van der Waals surface area contributed by atoms with E-state index in [-0.39, 0.29) is 17.1 Å². The molecule has 0 atom stereocenters. The van der Waals surface area contributed by atoms with Crippen LogP contribution in [0.3, 0.4) is 0 Å². The Hall–Kier alpha value is -3.67. The van der Waals surface area contributed by atoms with Crippen molar-refractivity contribution in [1.82, 2.24) is 0 Å². The number of hydrogen-bond donors (Lipinski definition) is 0. The van der Waals surface area contributed by atoms with Crippen LogP contribution in [-0.2, 0) is 0 Å². The number of ether oxygens (including phenoxy) is 2. The number of para-hydroxylation sites is 1. The molecule has 3 rings (SSSR count). The van der Waals surface area contributed by atoms with Crippen LogP contribution in [0, 0.1) is 5.82 Å². The molecule has 0 saturated carbocycles. The van der Waals surface area contributed by atoms with Crippen LogP contribution in [0.15, 0.2) is 71.4 Å². The van der Waals surface area contributed by atoms with E-state index in [1.165, 1.54) is 37.6 Å². The van der Waals surface area contributed by atoms with Crippen LogP contribution in [0.5, 0.6) is 11.5 Å². The average Bonchev–Trinajstić information content (AvgIpc) is 3.22. The number of carbonyl (C=O) groups is 2. The lowest BCUT2D eigenvalue weighted by atomic mass is 10.1. The van der Waals surface area contributed by atoms with Gasteiger partial charge in [0.25, 0.3) is 0 Å². The van der Waals surface area contributed by atoms with Crippen LogP contribution in [0.1, 0.15) is 26.5 Å². The molecule has 0 saturated heterocycles. The van der Waals surface area contributed by atoms with Crippen molar-refractivity contribution >= 4 is 17.8 Å². The van der Waals surface area contributed by atoms with Crippen LogP contribution in [0.2, 0.25) is 0 Å². The molecular weight excluding hydrogens is 351 g/mol. The summed E-state index contributed by atoms with van der Waals surface area (Å²) < 4.78 is 29.0. The Morgan fingerprint density at radius 2 is 1.85 bits per heavy atom. The van der Waals surface area contributed by atoms with Crippen molar-refractivity contribution < 1.29 is 27.9 Å². The third kappa shape index (κ3) is 4.30. The fourth-order valence-corrected chi connectivity index (χ4v) is 2.39. The summed E-state index contributed by atoms with van der Waals surface area (Å²) in [7, 11) is 1.52. The van der Waals surface area contributed by atoms with Crippen molar-refractivity contribution in [2.75, 3.05) is 7.11 Å². The minimum Gasteiger partial charge on any atom is -0.496 e. The number of carbonyl (C=O) groups excluding carboxylic acids is 2. The first-order valence-electron chi connectivity index (χ1n) is 7.99. The van der Waals surface area contributed by atoms with Gasteiger partial charge in [-0.2, -0.15) is 0 Å². The topological polar surface area (TPSA) is 65.7 Å². The van der Waals surface area contributed by atoms with Gasteiger partial charge in [-0.15, -0.1) is 0 Å². The second kappa shape index (κ2) is 8.14. The molecule has 0 unspecified atom stereocenters. The van der Waals surface area contributed by atoms with Gasteiger partial charge in [0.2, 0.25) is 5.76 Å². The third-order valence-corrected chi connectivity index (χ3v) is 3.69. The molecule has 0 aliphatic heterocycles. The van der Waals surface area contributed by atoms with Gasteiger partial charge in [0, 0.05) is 5.56 Å². The zero-order valence-electron chi connectivity index (χ0n) is 14.3. The van der Waals surface area contributed by atoms with E-state index >= 15 is 0 Å². The number of methoxy groups -OCH3 is 1. The highest BCUT2D eigenvalue weighted by Gasteiger charge is 2.17. The molecule has 0 spiro atoms. The highest BCUT2D eigenvalue weighted by Crippen LogP contribution is 2.24. The average molecular weight is 366 g/mol. The molecule has 136 valence electrons. The van der Waals surface area contributed by atoms with Crippen LogP contribution < -0.4 is 9.47 Å². The summed E-state index contributed by atoms with van der Waals surface area (Å²) in [6, 6.07) is 13.4. The summed E-state index contributed by atoms with van der Waals surface area (Å²) in [5, 5.41) is 0. The second-order valence-electron chi connectivity index (χ2n) is 5.45. The Bertz CT molecular complexity index is 990. The summed E-state index contributed by atoms with van der Waals surface area (Å²) >= 11 is 0. The van der Waals surface area contributed by atoms with Crippen molar-refractivity contribution in [1.29, 1.82) is 0 Å². The van der Waals surface area contributed by atoms with Gasteiger partial charge in [0.05, 0.1) is 18.9 Å². The number of halogens is 1.